The number of halogens is 1. The second-order valence-corrected chi connectivity index (χ2v) is 8.06. The summed E-state index contributed by atoms with van der Waals surface area (Å²) in [5.74, 6) is 0.279. The van der Waals surface area contributed by atoms with Gasteiger partial charge >= 0.3 is 0 Å². The average Bonchev–Trinajstić information content (AvgIpc) is 2.85. The lowest BCUT2D eigenvalue weighted by Crippen LogP contribution is -2.23. The number of hydrogen-bond donors (Lipinski definition) is 2. The third-order valence-electron chi connectivity index (χ3n) is 2.90. The van der Waals surface area contributed by atoms with Crippen molar-refractivity contribution in [1.82, 2.24) is 4.72 Å². The van der Waals surface area contributed by atoms with Crippen molar-refractivity contribution < 1.29 is 13.2 Å². The van der Waals surface area contributed by atoms with Crippen LogP contribution in [0.5, 0.6) is 5.75 Å². The fourth-order valence-electron chi connectivity index (χ4n) is 1.74. The predicted octanol–water partition coefficient (Wildman–Crippen LogP) is 2.89. The normalized spacial score (nSPS) is 11.6. The highest BCUT2D eigenvalue weighted by atomic mass is 79.9. The van der Waals surface area contributed by atoms with Crippen LogP contribution in [-0.4, -0.2) is 15.5 Å². The molecule has 0 aliphatic carbocycles. The molecule has 0 aliphatic rings. The summed E-state index contributed by atoms with van der Waals surface area (Å²) < 4.78 is 33.4. The molecule has 1 aromatic heterocycles. The lowest BCUT2D eigenvalue weighted by Gasteiger charge is -2.12. The molecule has 0 aliphatic heterocycles. The van der Waals surface area contributed by atoms with Crippen molar-refractivity contribution in [2.45, 2.75) is 18.4 Å². The van der Waals surface area contributed by atoms with Gasteiger partial charge in [0.1, 0.15) is 10.6 Å². The standard InChI is InChI=1S/C13H15BrN2O3S2/c1-8-3-12(19-2)13(5-11(8)15)21(17,18)16-6-10-4-9(14)7-20-10/h3-5,7,16H,6,15H2,1-2H3. The Morgan fingerprint density at radius 2 is 2.10 bits per heavy atom. The van der Waals surface area contributed by atoms with Crippen LogP contribution in [0.1, 0.15) is 10.4 Å². The van der Waals surface area contributed by atoms with Crippen LogP contribution in [-0.2, 0) is 16.6 Å². The Morgan fingerprint density at radius 1 is 1.38 bits per heavy atom. The molecule has 0 saturated heterocycles. The molecule has 0 fully saturated rings. The van der Waals surface area contributed by atoms with Crippen LogP contribution >= 0.6 is 27.3 Å². The zero-order valence-electron chi connectivity index (χ0n) is 11.5. The Bertz CT molecular complexity index is 757. The predicted molar refractivity (Wildman–Crippen MR) is 88.2 cm³/mol. The Hall–Kier alpha value is -1.09. The highest BCUT2D eigenvalue weighted by molar-refractivity contribution is 9.10. The second kappa shape index (κ2) is 6.35. The number of aryl methyl sites for hydroxylation is 1. The number of anilines is 1. The van der Waals surface area contributed by atoms with Crippen molar-refractivity contribution in [2.24, 2.45) is 0 Å². The first-order valence-electron chi connectivity index (χ1n) is 6.00. The van der Waals surface area contributed by atoms with Crippen LogP contribution in [0, 0.1) is 6.92 Å². The number of hydrogen-bond acceptors (Lipinski definition) is 5. The third-order valence-corrected chi connectivity index (χ3v) is 6.02. The first-order chi connectivity index (χ1) is 9.83. The molecule has 0 atom stereocenters. The zero-order valence-corrected chi connectivity index (χ0v) is 14.7. The summed E-state index contributed by atoms with van der Waals surface area (Å²) in [7, 11) is -2.26. The molecule has 0 saturated carbocycles. The average molecular weight is 391 g/mol. The molecule has 2 rings (SSSR count). The fourth-order valence-corrected chi connectivity index (χ4v) is 4.41. The van der Waals surface area contributed by atoms with Crippen LogP contribution in [0.2, 0.25) is 0 Å². The minimum atomic E-state index is -3.69. The number of methoxy groups -OCH3 is 1. The number of rotatable bonds is 5. The van der Waals surface area contributed by atoms with Crippen LogP contribution in [0.15, 0.2) is 32.9 Å². The molecule has 3 N–H and O–H groups in total. The van der Waals surface area contributed by atoms with E-state index in [2.05, 4.69) is 20.7 Å². The molecule has 0 unspecified atom stereocenters. The van der Waals surface area contributed by atoms with Crippen LogP contribution in [0.25, 0.3) is 0 Å². The highest BCUT2D eigenvalue weighted by Gasteiger charge is 2.20. The molecule has 0 amide bonds. The number of sulfonamides is 1. The van der Waals surface area contributed by atoms with Gasteiger partial charge in [0, 0.05) is 27.0 Å². The number of ether oxygens (including phenoxy) is 1. The summed E-state index contributed by atoms with van der Waals surface area (Å²) >= 11 is 4.81. The van der Waals surface area contributed by atoms with Gasteiger partial charge in [-0.2, -0.15) is 0 Å². The largest absolute Gasteiger partial charge is 0.495 e. The molecule has 0 radical (unpaired) electrons. The first kappa shape index (κ1) is 16.3. The van der Waals surface area contributed by atoms with Crippen molar-refractivity contribution in [3.63, 3.8) is 0 Å². The van der Waals surface area contributed by atoms with Crippen molar-refractivity contribution in [3.05, 3.63) is 38.5 Å². The molecule has 1 heterocycles. The molecule has 8 heteroatoms. The summed E-state index contributed by atoms with van der Waals surface area (Å²) in [6, 6.07) is 4.90. The van der Waals surface area contributed by atoms with Gasteiger partial charge in [-0.1, -0.05) is 0 Å². The summed E-state index contributed by atoms with van der Waals surface area (Å²) in [5.41, 5.74) is 6.98. The maximum Gasteiger partial charge on any atom is 0.244 e. The molecule has 0 spiro atoms. The molecule has 114 valence electrons. The quantitative estimate of drug-likeness (QED) is 0.768. The van der Waals surface area contributed by atoms with E-state index in [0.29, 0.717) is 5.69 Å². The Balaban J connectivity index is 2.28. The van der Waals surface area contributed by atoms with E-state index in [4.69, 9.17) is 10.5 Å². The van der Waals surface area contributed by atoms with E-state index in [0.717, 1.165) is 14.9 Å². The fraction of sp³-hybridized carbons (Fsp3) is 0.231. The number of nitrogen functional groups attached to an aromatic ring is 1. The Labute approximate surface area is 136 Å². The van der Waals surface area contributed by atoms with E-state index < -0.39 is 10.0 Å². The molecular weight excluding hydrogens is 376 g/mol. The summed E-state index contributed by atoms with van der Waals surface area (Å²) in [5, 5.41) is 1.90. The molecule has 1 aromatic carbocycles. The van der Waals surface area contributed by atoms with Gasteiger partial charge in [-0.25, -0.2) is 13.1 Å². The zero-order chi connectivity index (χ0) is 15.6. The monoisotopic (exact) mass is 390 g/mol. The van der Waals surface area contributed by atoms with Gasteiger partial charge in [0.15, 0.2) is 0 Å². The third kappa shape index (κ3) is 3.76. The number of nitrogens with two attached hydrogens (primary N) is 1. The minimum absolute atomic E-state index is 0.0451. The number of benzene rings is 1. The number of nitrogens with one attached hydrogen (secondary N) is 1. The molecular formula is C13H15BrN2O3S2. The van der Waals surface area contributed by atoms with E-state index in [1.807, 2.05) is 11.4 Å². The van der Waals surface area contributed by atoms with Crippen molar-refractivity contribution in [2.75, 3.05) is 12.8 Å². The topological polar surface area (TPSA) is 81.4 Å². The van der Waals surface area contributed by atoms with Gasteiger partial charge in [-0.15, -0.1) is 11.3 Å². The van der Waals surface area contributed by atoms with Crippen molar-refractivity contribution in [1.29, 1.82) is 0 Å². The van der Waals surface area contributed by atoms with Gasteiger partial charge in [-0.3, -0.25) is 0 Å². The van der Waals surface area contributed by atoms with Gasteiger partial charge in [0.25, 0.3) is 0 Å². The highest BCUT2D eigenvalue weighted by Crippen LogP contribution is 2.29. The molecule has 21 heavy (non-hydrogen) atoms. The van der Waals surface area contributed by atoms with Crippen LogP contribution in [0.4, 0.5) is 5.69 Å². The minimum Gasteiger partial charge on any atom is -0.495 e. The summed E-state index contributed by atoms with van der Waals surface area (Å²) in [4.78, 5) is 0.952. The van der Waals surface area contributed by atoms with E-state index >= 15 is 0 Å². The van der Waals surface area contributed by atoms with Gasteiger partial charge < -0.3 is 10.5 Å². The van der Waals surface area contributed by atoms with Gasteiger partial charge in [0.2, 0.25) is 10.0 Å². The van der Waals surface area contributed by atoms with Crippen molar-refractivity contribution >= 4 is 43.0 Å². The van der Waals surface area contributed by atoms with E-state index in [9.17, 15) is 8.42 Å². The lowest BCUT2D eigenvalue weighted by atomic mass is 10.2. The summed E-state index contributed by atoms with van der Waals surface area (Å²) in [6.45, 7) is 2.01. The maximum atomic E-state index is 12.4. The van der Waals surface area contributed by atoms with Gasteiger partial charge in [0.05, 0.1) is 7.11 Å². The second-order valence-electron chi connectivity index (χ2n) is 4.42. The Kier molecular flexibility index (Phi) is 4.92. The number of thiophene rings is 1. The van der Waals surface area contributed by atoms with Crippen molar-refractivity contribution in [3.8, 4) is 5.75 Å². The molecule has 5 nitrogen and oxygen atoms in total. The molecule has 0 bridgehead atoms. The SMILES string of the molecule is COc1cc(C)c(N)cc1S(=O)(=O)NCc1cc(Br)cs1. The van der Waals surface area contributed by atoms with E-state index in [1.165, 1.54) is 24.5 Å². The first-order valence-corrected chi connectivity index (χ1v) is 9.16. The van der Waals surface area contributed by atoms with E-state index in [-0.39, 0.29) is 17.2 Å². The lowest BCUT2D eigenvalue weighted by molar-refractivity contribution is 0.402. The smallest absolute Gasteiger partial charge is 0.244 e. The van der Waals surface area contributed by atoms with Crippen LogP contribution in [0.3, 0.4) is 0 Å². The van der Waals surface area contributed by atoms with E-state index in [1.54, 1.807) is 13.0 Å². The van der Waals surface area contributed by atoms with Gasteiger partial charge in [-0.05, 0) is 46.6 Å². The summed E-state index contributed by atoms with van der Waals surface area (Å²) in [6.07, 6.45) is 0. The Morgan fingerprint density at radius 3 is 2.67 bits per heavy atom. The van der Waals surface area contributed by atoms with Crippen LogP contribution < -0.4 is 15.2 Å². The maximum absolute atomic E-state index is 12.4. The molecule has 2 aromatic rings.